The summed E-state index contributed by atoms with van der Waals surface area (Å²) >= 11 is 13.9. The van der Waals surface area contributed by atoms with Crippen LogP contribution >= 0.6 is 23.2 Å². The first kappa shape index (κ1) is 18.4. The van der Waals surface area contributed by atoms with Crippen molar-refractivity contribution in [1.29, 1.82) is 0 Å². The van der Waals surface area contributed by atoms with Crippen LogP contribution in [0, 0.1) is 0 Å². The van der Waals surface area contributed by atoms with E-state index in [2.05, 4.69) is 74.5 Å². The monoisotopic (exact) mass is 536 g/mol. The van der Waals surface area contributed by atoms with Gasteiger partial charge in [-0.3, -0.25) is 0 Å². The molecule has 2 aromatic rings. The number of fused-ring (bicyclic) bond motifs is 2. The van der Waals surface area contributed by atoms with Crippen LogP contribution < -0.4 is 0 Å². The summed E-state index contributed by atoms with van der Waals surface area (Å²) in [4.78, 5) is -0.795. The maximum Gasteiger partial charge on any atom is 0.0848 e. The van der Waals surface area contributed by atoms with Gasteiger partial charge in [-0.25, -0.2) is 0 Å². The third kappa shape index (κ3) is 2.76. The molecule has 0 fully saturated rings. The minimum absolute atomic E-state index is 0. The van der Waals surface area contributed by atoms with Gasteiger partial charge in [-0.05, 0) is 36.1 Å². The Morgan fingerprint density at radius 1 is 0.708 bits per heavy atom. The molecule has 0 saturated carbocycles. The van der Waals surface area contributed by atoms with Crippen LogP contribution in [0.5, 0.6) is 0 Å². The molecule has 0 amide bonds. The van der Waals surface area contributed by atoms with E-state index in [-0.39, 0.29) is 25.8 Å². The van der Waals surface area contributed by atoms with Crippen LogP contribution in [0.3, 0.4) is 0 Å². The molecule has 0 N–H and O–H groups in total. The number of rotatable bonds is 2. The molecule has 0 aromatic heterocycles. The van der Waals surface area contributed by atoms with E-state index in [1.165, 1.54) is 32.6 Å². The second-order valence-corrected chi connectivity index (χ2v) is 10.1. The minimum Gasteiger partial charge on any atom is -0.110 e. The fraction of sp³-hybridized carbons (Fsp3) is 0.200. The van der Waals surface area contributed by atoms with Crippen LogP contribution in [0.1, 0.15) is 36.1 Å². The molecular formula is C20H18Cl2HfSi. The van der Waals surface area contributed by atoms with Gasteiger partial charge in [-0.2, -0.15) is 0 Å². The van der Waals surface area contributed by atoms with E-state index in [4.69, 9.17) is 23.2 Å². The predicted octanol–water partition coefficient (Wildman–Crippen LogP) is 5.17. The summed E-state index contributed by atoms with van der Waals surface area (Å²) in [5, 5.41) is 2.71. The summed E-state index contributed by atoms with van der Waals surface area (Å²) < 4.78 is 0. The van der Waals surface area contributed by atoms with Gasteiger partial charge in [0, 0.05) is 25.8 Å². The van der Waals surface area contributed by atoms with Gasteiger partial charge < -0.3 is 0 Å². The summed E-state index contributed by atoms with van der Waals surface area (Å²) in [7, 11) is -0.714. The standard InChI is InChI=1S/C20H18Cl2Si.Hf/c1-19(21)15-9-5-3-7-13(15)11-17(19)23-18-12-14-8-4-6-10-16(14)20(18,2)22;/h3-12H,23H2,1-2H3;. The van der Waals surface area contributed by atoms with Crippen LogP contribution in [0.2, 0.25) is 0 Å². The number of hydrogen-bond donors (Lipinski definition) is 0. The number of alkyl halides is 2. The molecule has 120 valence electrons. The molecule has 0 spiro atoms. The molecule has 4 rings (SSSR count). The average molecular weight is 536 g/mol. The van der Waals surface area contributed by atoms with E-state index in [9.17, 15) is 0 Å². The Labute approximate surface area is 174 Å². The van der Waals surface area contributed by atoms with E-state index >= 15 is 0 Å². The third-order valence-corrected chi connectivity index (χ3v) is 9.10. The maximum atomic E-state index is 6.94. The summed E-state index contributed by atoms with van der Waals surface area (Å²) in [5.41, 5.74) is 4.94. The predicted molar refractivity (Wildman–Crippen MR) is 104 cm³/mol. The van der Waals surface area contributed by atoms with E-state index < -0.39 is 19.3 Å². The van der Waals surface area contributed by atoms with Gasteiger partial charge in [-0.15, -0.1) is 23.2 Å². The first-order valence-electron chi connectivity index (χ1n) is 7.89. The fourth-order valence-corrected chi connectivity index (χ4v) is 6.69. The van der Waals surface area contributed by atoms with Gasteiger partial charge in [0.05, 0.1) is 19.3 Å². The number of hydrogen-bond acceptors (Lipinski definition) is 0. The molecule has 0 saturated heterocycles. The smallest absolute Gasteiger partial charge is 0.0848 e. The van der Waals surface area contributed by atoms with Crippen molar-refractivity contribution in [2.24, 2.45) is 0 Å². The molecule has 24 heavy (non-hydrogen) atoms. The molecule has 0 heterocycles. The van der Waals surface area contributed by atoms with Crippen molar-refractivity contribution in [2.75, 3.05) is 0 Å². The SMILES string of the molecule is CC1(Cl)C([SiH2]C2=Cc3ccccc3C2(C)Cl)=Cc2ccccc21.[Hf]. The number of benzene rings is 2. The Kier molecular flexibility index (Phi) is 4.89. The Bertz CT molecular complexity index is 794. The van der Waals surface area contributed by atoms with Crippen LogP contribution in [0.15, 0.2) is 58.9 Å². The Morgan fingerprint density at radius 2 is 1.08 bits per heavy atom. The van der Waals surface area contributed by atoms with Crippen LogP contribution in [0.25, 0.3) is 12.2 Å². The molecular weight excluding hydrogens is 518 g/mol. The van der Waals surface area contributed by atoms with Gasteiger partial charge >= 0.3 is 0 Å². The zero-order valence-corrected chi connectivity index (χ0v) is 20.3. The molecule has 0 bridgehead atoms. The topological polar surface area (TPSA) is 0 Å². The largest absolute Gasteiger partial charge is 0.110 e. The first-order chi connectivity index (χ1) is 10.9. The Morgan fingerprint density at radius 3 is 1.46 bits per heavy atom. The molecule has 0 radical (unpaired) electrons. The quantitative estimate of drug-likeness (QED) is 0.368. The van der Waals surface area contributed by atoms with Crippen LogP contribution in [-0.2, 0) is 35.6 Å². The van der Waals surface area contributed by atoms with Crippen molar-refractivity contribution >= 4 is 44.9 Å². The van der Waals surface area contributed by atoms with Crippen molar-refractivity contribution in [2.45, 2.75) is 23.6 Å². The molecule has 2 aliphatic rings. The Balaban J connectivity index is 0.00000169. The van der Waals surface area contributed by atoms with Crippen molar-refractivity contribution in [3.05, 3.63) is 81.2 Å². The van der Waals surface area contributed by atoms with Crippen molar-refractivity contribution < 1.29 is 25.8 Å². The molecule has 0 nitrogen and oxygen atoms in total. The molecule has 2 aromatic carbocycles. The van der Waals surface area contributed by atoms with E-state index in [0.29, 0.717) is 0 Å². The van der Waals surface area contributed by atoms with Gasteiger partial charge in [0.15, 0.2) is 0 Å². The minimum atomic E-state index is -0.714. The normalized spacial score (nSPS) is 27.5. The maximum absolute atomic E-state index is 6.94. The van der Waals surface area contributed by atoms with Gasteiger partial charge in [0.1, 0.15) is 0 Å². The summed E-state index contributed by atoms with van der Waals surface area (Å²) in [6, 6.07) is 16.8. The van der Waals surface area contributed by atoms with E-state index in [1.54, 1.807) is 0 Å². The zero-order valence-electron chi connectivity index (χ0n) is 13.7. The first-order valence-corrected chi connectivity index (χ1v) is 10.1. The number of halogens is 2. The second-order valence-electron chi connectivity index (χ2n) is 6.70. The van der Waals surface area contributed by atoms with Gasteiger partial charge in [-0.1, -0.05) is 71.1 Å². The number of allylic oxidation sites excluding steroid dienone is 2. The average Bonchev–Trinajstić information content (AvgIpc) is 2.92. The Hall–Kier alpha value is -0.413. The molecule has 0 aliphatic heterocycles. The van der Waals surface area contributed by atoms with E-state index in [1.807, 2.05) is 0 Å². The van der Waals surface area contributed by atoms with Gasteiger partial charge in [0.2, 0.25) is 0 Å². The van der Waals surface area contributed by atoms with E-state index in [0.717, 1.165) is 0 Å². The molecule has 2 unspecified atom stereocenters. The summed E-state index contributed by atoms with van der Waals surface area (Å²) in [6.07, 6.45) is 4.57. The summed E-state index contributed by atoms with van der Waals surface area (Å²) in [6.45, 7) is 4.24. The van der Waals surface area contributed by atoms with Crippen molar-refractivity contribution in [1.82, 2.24) is 0 Å². The summed E-state index contributed by atoms with van der Waals surface area (Å²) in [5.74, 6) is 0. The van der Waals surface area contributed by atoms with Crippen LogP contribution in [-0.4, -0.2) is 9.52 Å². The zero-order chi connectivity index (χ0) is 16.2. The third-order valence-electron chi connectivity index (χ3n) is 5.18. The fourth-order valence-electron chi connectivity index (χ4n) is 3.73. The van der Waals surface area contributed by atoms with Crippen LogP contribution in [0.4, 0.5) is 0 Å². The van der Waals surface area contributed by atoms with Crippen molar-refractivity contribution in [3.8, 4) is 0 Å². The molecule has 4 heteroatoms. The molecule has 2 aliphatic carbocycles. The van der Waals surface area contributed by atoms with Gasteiger partial charge in [0.25, 0.3) is 0 Å². The second kappa shape index (κ2) is 6.39. The van der Waals surface area contributed by atoms with Crippen molar-refractivity contribution in [3.63, 3.8) is 0 Å². The molecule has 2 atom stereocenters.